The molecule has 3 rings (SSSR count). The number of nitrogens with zero attached hydrogens (tertiary/aromatic N) is 2. The number of piperazine rings is 1. The molecule has 0 N–H and O–H groups in total. The average molecular weight is 467 g/mol. The molecule has 0 radical (unpaired) electrons. The van der Waals surface area contributed by atoms with E-state index in [1.165, 1.54) is 12.1 Å². The molecular weight excluding hydrogens is 443 g/mol. The van der Waals surface area contributed by atoms with Crippen LogP contribution < -0.4 is 4.90 Å². The van der Waals surface area contributed by atoms with E-state index in [9.17, 15) is 18.5 Å². The number of ether oxygens (including phenoxy) is 1. The zero-order valence-corrected chi connectivity index (χ0v) is 18.9. The van der Waals surface area contributed by atoms with Gasteiger partial charge in [0.15, 0.2) is 10.7 Å². The molecule has 2 aromatic carbocycles. The highest BCUT2D eigenvalue weighted by Gasteiger charge is 2.29. The summed E-state index contributed by atoms with van der Waals surface area (Å²) in [4.78, 5) is 28.1. The number of hydrogen-bond donors (Lipinski definition) is 0. The minimum absolute atomic E-state index is 0.0531. The Morgan fingerprint density at radius 2 is 2.03 bits per heavy atom. The van der Waals surface area contributed by atoms with Crippen LogP contribution in [0.2, 0.25) is 5.02 Å². The summed E-state index contributed by atoms with van der Waals surface area (Å²) in [7, 11) is 0. The Bertz CT molecular complexity index is 961. The zero-order chi connectivity index (χ0) is 22.5. The van der Waals surface area contributed by atoms with Gasteiger partial charge < -0.3 is 19.1 Å². The molecule has 2 aromatic rings. The summed E-state index contributed by atoms with van der Waals surface area (Å²) in [5, 5.41) is 0.652. The van der Waals surface area contributed by atoms with E-state index in [2.05, 4.69) is 4.90 Å². The van der Waals surface area contributed by atoms with Crippen molar-refractivity contribution in [2.75, 3.05) is 36.9 Å². The SMILES string of the molecule is CCOC(=O)C[S+]([O-])c1ccc(C(=O)N2CCN(c3cccc(Cl)c3)[C@H](C)C2)cc1F. The van der Waals surface area contributed by atoms with Gasteiger partial charge in [-0.05, 0) is 61.4 Å². The molecule has 0 saturated carbocycles. The quantitative estimate of drug-likeness (QED) is 0.481. The molecule has 0 aliphatic carbocycles. The Hall–Kier alpha value is -2.29. The molecule has 166 valence electrons. The third kappa shape index (κ3) is 5.70. The van der Waals surface area contributed by atoms with Gasteiger partial charge in [0, 0.05) is 41.9 Å². The number of carbonyl (C=O) groups excluding carboxylic acids is 2. The van der Waals surface area contributed by atoms with E-state index in [1.54, 1.807) is 11.8 Å². The fraction of sp³-hybridized carbons (Fsp3) is 0.364. The van der Waals surface area contributed by atoms with Crippen LogP contribution >= 0.6 is 11.6 Å². The lowest BCUT2D eigenvalue weighted by molar-refractivity contribution is -0.139. The molecule has 1 unspecified atom stereocenters. The van der Waals surface area contributed by atoms with Crippen molar-refractivity contribution in [3.63, 3.8) is 0 Å². The van der Waals surface area contributed by atoms with Crippen LogP contribution in [0.1, 0.15) is 24.2 Å². The second-order valence-electron chi connectivity index (χ2n) is 7.21. The molecule has 0 aromatic heterocycles. The number of rotatable bonds is 6. The summed E-state index contributed by atoms with van der Waals surface area (Å²) in [6, 6.07) is 11.4. The van der Waals surface area contributed by atoms with E-state index in [-0.39, 0.29) is 29.0 Å². The second-order valence-corrected chi connectivity index (χ2v) is 9.07. The van der Waals surface area contributed by atoms with E-state index in [0.717, 1.165) is 11.8 Å². The number of anilines is 1. The minimum Gasteiger partial charge on any atom is -0.611 e. The van der Waals surface area contributed by atoms with Crippen LogP contribution in [0.25, 0.3) is 0 Å². The van der Waals surface area contributed by atoms with Crippen molar-refractivity contribution in [2.24, 2.45) is 0 Å². The molecule has 0 spiro atoms. The van der Waals surface area contributed by atoms with E-state index in [1.807, 2.05) is 31.2 Å². The molecule has 9 heteroatoms. The van der Waals surface area contributed by atoms with Crippen molar-refractivity contribution >= 4 is 40.3 Å². The molecule has 1 heterocycles. The van der Waals surface area contributed by atoms with Crippen LogP contribution in [0.15, 0.2) is 47.4 Å². The van der Waals surface area contributed by atoms with Crippen molar-refractivity contribution < 1.29 is 23.3 Å². The Morgan fingerprint density at radius 1 is 1.26 bits per heavy atom. The van der Waals surface area contributed by atoms with Crippen molar-refractivity contribution in [3.8, 4) is 0 Å². The molecule has 31 heavy (non-hydrogen) atoms. The fourth-order valence-electron chi connectivity index (χ4n) is 3.57. The molecule has 0 bridgehead atoms. The summed E-state index contributed by atoms with van der Waals surface area (Å²) < 4.78 is 31.5. The topological polar surface area (TPSA) is 72.9 Å². The van der Waals surface area contributed by atoms with Gasteiger partial charge in [0.2, 0.25) is 5.75 Å². The first kappa shape index (κ1) is 23.4. The average Bonchev–Trinajstić information content (AvgIpc) is 2.73. The van der Waals surface area contributed by atoms with E-state index >= 15 is 0 Å². The minimum atomic E-state index is -1.88. The summed E-state index contributed by atoms with van der Waals surface area (Å²) >= 11 is 4.21. The lowest BCUT2D eigenvalue weighted by Crippen LogP contribution is -2.53. The first-order valence-corrected chi connectivity index (χ1v) is 11.6. The van der Waals surface area contributed by atoms with Crippen LogP contribution in [0.4, 0.5) is 10.1 Å². The van der Waals surface area contributed by atoms with Gasteiger partial charge in [-0.15, -0.1) is 0 Å². The standard InChI is InChI=1S/C22H24ClFN2O4S/c1-3-30-21(27)14-31(29)20-8-7-16(11-19(20)24)22(28)25-9-10-26(15(2)13-25)18-6-4-5-17(23)12-18/h4-8,11-12,15H,3,9-10,13-14H2,1-2H3/t15-,31?/m1/s1. The smallest absolute Gasteiger partial charge is 0.356 e. The number of carbonyl (C=O) groups is 2. The van der Waals surface area contributed by atoms with Crippen LogP contribution in [-0.4, -0.2) is 59.4 Å². The maximum Gasteiger partial charge on any atom is 0.356 e. The maximum absolute atomic E-state index is 14.5. The summed E-state index contributed by atoms with van der Waals surface area (Å²) in [5.41, 5.74) is 1.17. The van der Waals surface area contributed by atoms with Crippen molar-refractivity contribution in [1.82, 2.24) is 4.90 Å². The first-order valence-electron chi connectivity index (χ1n) is 9.95. The first-order chi connectivity index (χ1) is 14.8. The predicted octanol–water partition coefficient (Wildman–Crippen LogP) is 3.50. The van der Waals surface area contributed by atoms with E-state index < -0.39 is 28.7 Å². The van der Waals surface area contributed by atoms with E-state index in [0.29, 0.717) is 24.7 Å². The Kier molecular flexibility index (Phi) is 7.80. The lowest BCUT2D eigenvalue weighted by atomic mass is 10.1. The van der Waals surface area contributed by atoms with Gasteiger partial charge in [-0.2, -0.15) is 0 Å². The molecule has 1 saturated heterocycles. The number of esters is 1. The number of halogens is 2. The Balaban J connectivity index is 1.66. The van der Waals surface area contributed by atoms with Crippen molar-refractivity contribution in [1.29, 1.82) is 0 Å². The molecule has 1 aliphatic heterocycles. The molecule has 1 amide bonds. The number of hydrogen-bond acceptors (Lipinski definition) is 5. The molecule has 1 fully saturated rings. The van der Waals surface area contributed by atoms with Gasteiger partial charge in [0.25, 0.3) is 5.91 Å². The van der Waals surface area contributed by atoms with Gasteiger partial charge in [-0.25, -0.2) is 9.18 Å². The van der Waals surface area contributed by atoms with Gasteiger partial charge >= 0.3 is 5.97 Å². The Labute approximate surface area is 189 Å². The van der Waals surface area contributed by atoms with Crippen LogP contribution in [0.3, 0.4) is 0 Å². The highest BCUT2D eigenvalue weighted by atomic mass is 35.5. The maximum atomic E-state index is 14.5. The van der Waals surface area contributed by atoms with Crippen LogP contribution in [0.5, 0.6) is 0 Å². The highest BCUT2D eigenvalue weighted by Crippen LogP contribution is 2.25. The third-order valence-electron chi connectivity index (χ3n) is 5.03. The zero-order valence-electron chi connectivity index (χ0n) is 17.3. The molecule has 1 aliphatic rings. The van der Waals surface area contributed by atoms with Crippen molar-refractivity contribution in [2.45, 2.75) is 24.8 Å². The summed E-state index contributed by atoms with van der Waals surface area (Å²) in [5.74, 6) is -2.16. The molecule has 2 atom stereocenters. The van der Waals surface area contributed by atoms with E-state index in [4.69, 9.17) is 16.3 Å². The van der Waals surface area contributed by atoms with Gasteiger partial charge in [-0.1, -0.05) is 17.7 Å². The van der Waals surface area contributed by atoms with Crippen LogP contribution in [-0.2, 0) is 20.7 Å². The Morgan fingerprint density at radius 3 is 2.68 bits per heavy atom. The number of benzene rings is 2. The normalized spacial score (nSPS) is 17.4. The van der Waals surface area contributed by atoms with Crippen molar-refractivity contribution in [3.05, 3.63) is 58.9 Å². The van der Waals surface area contributed by atoms with Gasteiger partial charge in [0.1, 0.15) is 0 Å². The van der Waals surface area contributed by atoms with Crippen LogP contribution in [0, 0.1) is 5.82 Å². The second kappa shape index (κ2) is 10.3. The summed E-state index contributed by atoms with van der Waals surface area (Å²) in [6.07, 6.45) is 0. The predicted molar refractivity (Wildman–Crippen MR) is 118 cm³/mol. The fourth-order valence-corrected chi connectivity index (χ4v) is 4.70. The summed E-state index contributed by atoms with van der Waals surface area (Å²) in [6.45, 7) is 5.39. The lowest BCUT2D eigenvalue weighted by Gasteiger charge is -2.41. The third-order valence-corrected chi connectivity index (χ3v) is 6.59. The monoisotopic (exact) mass is 466 g/mol. The largest absolute Gasteiger partial charge is 0.611 e. The number of amides is 1. The van der Waals surface area contributed by atoms with Gasteiger partial charge in [0.05, 0.1) is 6.61 Å². The highest BCUT2D eigenvalue weighted by molar-refractivity contribution is 7.92. The van der Waals surface area contributed by atoms with Gasteiger partial charge in [-0.3, -0.25) is 4.79 Å². The molecule has 6 nitrogen and oxygen atoms in total. The molecular formula is C22H24ClFN2O4S.